The van der Waals surface area contributed by atoms with Gasteiger partial charge < -0.3 is 44.3 Å². The van der Waals surface area contributed by atoms with E-state index in [1.807, 2.05) is 38.1 Å². The highest BCUT2D eigenvalue weighted by atomic mass is 16.6. The number of esters is 2. The van der Waals surface area contributed by atoms with E-state index in [2.05, 4.69) is 19.2 Å². The largest absolute Gasteiger partial charge is 0.497 e. The SMILES string of the molecule is CC[C@H](OC)[C@@H](C)[C@H]1O[C@@H]1C(NCc1ccc(OC)cc1)C(C)(O)C=CC=C(C)C1OC(=O)C[C@H](O)CC[C@@](C)(O)[C@@H](OC(C)=O)C=C[C@@H]1C. The molecule has 0 bridgehead atoms. The number of carbonyl (C=O) groups excluding carboxylic acids is 2. The van der Waals surface area contributed by atoms with Crippen molar-refractivity contribution in [2.24, 2.45) is 11.8 Å². The third-order valence-electron chi connectivity index (χ3n) is 9.87. The molecule has 0 aromatic heterocycles. The minimum Gasteiger partial charge on any atom is -0.497 e. The molecule has 280 valence electrons. The van der Waals surface area contributed by atoms with Gasteiger partial charge in [0.25, 0.3) is 0 Å². The fraction of sp³-hybridized carbons (Fsp3) is 0.641. The number of methoxy groups -OCH3 is 2. The van der Waals surface area contributed by atoms with Crippen LogP contribution in [-0.4, -0.2) is 95.3 Å². The van der Waals surface area contributed by atoms with E-state index in [1.165, 1.54) is 6.92 Å². The summed E-state index contributed by atoms with van der Waals surface area (Å²) >= 11 is 0. The average molecular weight is 702 g/mol. The molecule has 2 aliphatic rings. The predicted molar refractivity (Wildman–Crippen MR) is 190 cm³/mol. The van der Waals surface area contributed by atoms with Gasteiger partial charge in [0.1, 0.15) is 29.7 Å². The smallest absolute Gasteiger partial charge is 0.309 e. The van der Waals surface area contributed by atoms with Crippen LogP contribution < -0.4 is 10.1 Å². The fourth-order valence-corrected chi connectivity index (χ4v) is 6.64. The van der Waals surface area contributed by atoms with E-state index in [-0.39, 0.29) is 49.4 Å². The molecule has 11 heteroatoms. The van der Waals surface area contributed by atoms with Crippen LogP contribution in [0.15, 0.2) is 60.2 Å². The minimum atomic E-state index is -1.46. The molecule has 50 heavy (non-hydrogen) atoms. The molecule has 2 aliphatic heterocycles. The quantitative estimate of drug-likeness (QED) is 0.0933. The van der Waals surface area contributed by atoms with E-state index in [0.717, 1.165) is 17.7 Å². The number of aliphatic hydroxyl groups excluding tert-OH is 1. The summed E-state index contributed by atoms with van der Waals surface area (Å²) in [5, 5.41) is 37.0. The molecule has 1 aromatic carbocycles. The number of hydrogen-bond acceptors (Lipinski definition) is 11. The van der Waals surface area contributed by atoms with E-state index < -0.39 is 47.5 Å². The van der Waals surface area contributed by atoms with Gasteiger partial charge in [0, 0.05) is 32.4 Å². The van der Waals surface area contributed by atoms with Crippen molar-refractivity contribution in [2.45, 2.75) is 135 Å². The highest BCUT2D eigenvalue weighted by Crippen LogP contribution is 2.39. The number of rotatable bonds is 14. The fourth-order valence-electron chi connectivity index (χ4n) is 6.64. The minimum absolute atomic E-state index is 0.0274. The zero-order valence-corrected chi connectivity index (χ0v) is 31.1. The summed E-state index contributed by atoms with van der Waals surface area (Å²) in [5.74, 6) is -0.623. The second kappa shape index (κ2) is 18.4. The third-order valence-corrected chi connectivity index (χ3v) is 9.87. The predicted octanol–water partition coefficient (Wildman–Crippen LogP) is 4.57. The Morgan fingerprint density at radius 3 is 2.46 bits per heavy atom. The molecular weight excluding hydrogens is 642 g/mol. The van der Waals surface area contributed by atoms with E-state index in [1.54, 1.807) is 58.4 Å². The Kier molecular flexibility index (Phi) is 15.3. The Bertz CT molecular complexity index is 1330. The topological polar surface area (TPSA) is 156 Å². The number of epoxide rings is 1. The highest BCUT2D eigenvalue weighted by molar-refractivity contribution is 5.70. The van der Waals surface area contributed by atoms with Gasteiger partial charge in [0.05, 0.1) is 43.5 Å². The third kappa shape index (κ3) is 11.7. The van der Waals surface area contributed by atoms with Crippen LogP contribution in [0.25, 0.3) is 0 Å². The molecule has 3 rings (SSSR count). The molecule has 4 N–H and O–H groups in total. The first-order chi connectivity index (χ1) is 23.5. The van der Waals surface area contributed by atoms with Crippen molar-refractivity contribution in [1.29, 1.82) is 0 Å². The van der Waals surface area contributed by atoms with Gasteiger partial charge in [-0.3, -0.25) is 9.59 Å². The van der Waals surface area contributed by atoms with Crippen molar-refractivity contribution >= 4 is 11.9 Å². The number of aliphatic hydroxyl groups is 3. The maximum atomic E-state index is 12.9. The van der Waals surface area contributed by atoms with Crippen LogP contribution in [0, 0.1) is 11.8 Å². The summed E-state index contributed by atoms with van der Waals surface area (Å²) in [5.41, 5.74) is -1.10. The maximum Gasteiger partial charge on any atom is 0.309 e. The van der Waals surface area contributed by atoms with Crippen molar-refractivity contribution < 1.29 is 48.6 Å². The van der Waals surface area contributed by atoms with Gasteiger partial charge in [-0.05, 0) is 69.4 Å². The highest BCUT2D eigenvalue weighted by Gasteiger charge is 2.54. The first kappa shape index (κ1) is 41.4. The van der Waals surface area contributed by atoms with Gasteiger partial charge in [0.2, 0.25) is 0 Å². The van der Waals surface area contributed by atoms with Gasteiger partial charge in [-0.15, -0.1) is 0 Å². The summed E-state index contributed by atoms with van der Waals surface area (Å²) < 4.78 is 28.5. The van der Waals surface area contributed by atoms with Crippen LogP contribution in [0.5, 0.6) is 5.75 Å². The number of ether oxygens (including phenoxy) is 5. The zero-order valence-electron chi connectivity index (χ0n) is 31.1. The number of benzene rings is 1. The van der Waals surface area contributed by atoms with Crippen LogP contribution in [0.2, 0.25) is 0 Å². The van der Waals surface area contributed by atoms with Gasteiger partial charge in [-0.2, -0.15) is 0 Å². The Labute approximate surface area is 297 Å². The maximum absolute atomic E-state index is 12.9. The van der Waals surface area contributed by atoms with Crippen LogP contribution in [0.3, 0.4) is 0 Å². The van der Waals surface area contributed by atoms with Crippen molar-refractivity contribution in [3.63, 3.8) is 0 Å². The summed E-state index contributed by atoms with van der Waals surface area (Å²) in [7, 11) is 3.33. The van der Waals surface area contributed by atoms with E-state index in [4.69, 9.17) is 23.7 Å². The summed E-state index contributed by atoms with van der Waals surface area (Å²) in [6, 6.07) is 7.27. The van der Waals surface area contributed by atoms with Crippen molar-refractivity contribution in [1.82, 2.24) is 5.32 Å². The Morgan fingerprint density at radius 1 is 1.18 bits per heavy atom. The van der Waals surface area contributed by atoms with Gasteiger partial charge >= 0.3 is 11.9 Å². The van der Waals surface area contributed by atoms with Gasteiger partial charge in [-0.25, -0.2) is 0 Å². The molecule has 0 amide bonds. The van der Waals surface area contributed by atoms with E-state index >= 15 is 0 Å². The number of hydrogen-bond donors (Lipinski definition) is 4. The molecule has 0 spiro atoms. The molecule has 3 unspecified atom stereocenters. The standard InChI is InChI=1S/C39H59NO10/c1-10-31(47-9)26(4)35-36(50-35)37(40-23-28-14-16-30(46-8)17-15-28)39(7,45)20-11-12-24(2)34-25(3)13-18-32(48-27(5)41)38(6,44)21-19-29(42)22-33(43)49-34/h11-18,20,25-26,29,31-32,34-37,40,42,44-45H,10,19,21-23H2,1-9H3/t25-,26+,29+,31-,32-,34?,35+,36-,37?,38+,39?/m0/s1. The Hall–Kier alpha value is -3.06. The molecular formula is C39H59NO10. The van der Waals surface area contributed by atoms with Gasteiger partial charge in [-0.1, -0.05) is 57.2 Å². The van der Waals surface area contributed by atoms with Crippen LogP contribution in [0.1, 0.15) is 79.7 Å². The first-order valence-corrected chi connectivity index (χ1v) is 17.6. The van der Waals surface area contributed by atoms with Crippen molar-refractivity contribution in [3.8, 4) is 5.75 Å². The monoisotopic (exact) mass is 701 g/mol. The lowest BCUT2D eigenvalue weighted by atomic mass is 9.87. The summed E-state index contributed by atoms with van der Waals surface area (Å²) in [6.45, 7) is 12.9. The molecule has 11 nitrogen and oxygen atoms in total. The molecule has 0 radical (unpaired) electrons. The average Bonchev–Trinajstić information content (AvgIpc) is 3.85. The number of cyclic esters (lactones) is 1. The Balaban J connectivity index is 1.87. The molecule has 1 fully saturated rings. The second-order valence-electron chi connectivity index (χ2n) is 14.2. The molecule has 0 aliphatic carbocycles. The first-order valence-electron chi connectivity index (χ1n) is 17.6. The molecule has 1 aromatic rings. The van der Waals surface area contributed by atoms with Gasteiger partial charge in [0.15, 0.2) is 0 Å². The van der Waals surface area contributed by atoms with Crippen molar-refractivity contribution in [2.75, 3.05) is 14.2 Å². The van der Waals surface area contributed by atoms with E-state index in [9.17, 15) is 24.9 Å². The number of carbonyl (C=O) groups is 2. The van der Waals surface area contributed by atoms with Crippen LogP contribution in [0.4, 0.5) is 0 Å². The number of allylic oxidation sites excluding steroid dienone is 2. The van der Waals surface area contributed by atoms with Crippen LogP contribution in [-0.2, 0) is 35.1 Å². The second-order valence-corrected chi connectivity index (χ2v) is 14.2. The molecule has 1 saturated heterocycles. The number of nitrogens with one attached hydrogen (secondary N) is 1. The lowest BCUT2D eigenvalue weighted by Gasteiger charge is -2.32. The summed E-state index contributed by atoms with van der Waals surface area (Å²) in [6.07, 6.45) is 6.34. The lowest BCUT2D eigenvalue weighted by molar-refractivity contribution is -0.157. The molecule has 0 saturated carbocycles. The normalized spacial score (nSPS) is 31.0. The zero-order chi connectivity index (χ0) is 37.2. The van der Waals surface area contributed by atoms with Crippen LogP contribution >= 0.6 is 0 Å². The summed E-state index contributed by atoms with van der Waals surface area (Å²) in [4.78, 5) is 24.7. The van der Waals surface area contributed by atoms with Crippen molar-refractivity contribution in [3.05, 3.63) is 65.8 Å². The molecule has 11 atom stereocenters. The molecule has 2 heterocycles. The van der Waals surface area contributed by atoms with E-state index in [0.29, 0.717) is 12.1 Å². The Morgan fingerprint density at radius 2 is 1.86 bits per heavy atom. The lowest BCUT2D eigenvalue weighted by Crippen LogP contribution is -2.52.